The highest BCUT2D eigenvalue weighted by Crippen LogP contribution is 2.34. The number of rotatable bonds is 5. The number of aromatic amines is 1. The Morgan fingerprint density at radius 1 is 1.24 bits per heavy atom. The van der Waals surface area contributed by atoms with Crippen molar-refractivity contribution in [1.82, 2.24) is 10.3 Å². The molecule has 0 amide bonds. The molecular formula is C17H24N2O2. The third-order valence-corrected chi connectivity index (χ3v) is 4.45. The number of fused-ring (bicyclic) bond motifs is 3. The van der Waals surface area contributed by atoms with Gasteiger partial charge in [0.25, 0.3) is 0 Å². The molecule has 1 heterocycles. The molecule has 0 saturated heterocycles. The van der Waals surface area contributed by atoms with E-state index in [0.29, 0.717) is 6.04 Å². The van der Waals surface area contributed by atoms with Crippen LogP contribution < -0.4 is 5.32 Å². The van der Waals surface area contributed by atoms with Crippen LogP contribution in [0, 0.1) is 0 Å². The van der Waals surface area contributed by atoms with Crippen LogP contribution in [0.15, 0.2) is 24.3 Å². The second-order valence-corrected chi connectivity index (χ2v) is 5.80. The van der Waals surface area contributed by atoms with Crippen LogP contribution in [0.25, 0.3) is 10.9 Å². The van der Waals surface area contributed by atoms with Gasteiger partial charge < -0.3 is 19.8 Å². The van der Waals surface area contributed by atoms with Crippen LogP contribution in [0.1, 0.15) is 37.1 Å². The monoisotopic (exact) mass is 288 g/mol. The molecule has 21 heavy (non-hydrogen) atoms. The molecule has 0 fully saturated rings. The second kappa shape index (κ2) is 6.18. The third-order valence-electron chi connectivity index (χ3n) is 4.45. The van der Waals surface area contributed by atoms with Gasteiger partial charge in [0.1, 0.15) is 0 Å². The zero-order valence-corrected chi connectivity index (χ0v) is 13.0. The lowest BCUT2D eigenvalue weighted by Crippen LogP contribution is -2.42. The molecule has 0 bridgehead atoms. The van der Waals surface area contributed by atoms with Gasteiger partial charge in [-0.3, -0.25) is 0 Å². The summed E-state index contributed by atoms with van der Waals surface area (Å²) in [5.74, 6) is 0. The van der Waals surface area contributed by atoms with Crippen LogP contribution in [0.3, 0.4) is 0 Å². The van der Waals surface area contributed by atoms with Crippen molar-refractivity contribution in [3.8, 4) is 0 Å². The molecule has 114 valence electrons. The van der Waals surface area contributed by atoms with Crippen LogP contribution in [-0.2, 0) is 15.9 Å². The van der Waals surface area contributed by atoms with Crippen molar-refractivity contribution < 1.29 is 9.47 Å². The van der Waals surface area contributed by atoms with Crippen LogP contribution in [0.2, 0.25) is 0 Å². The van der Waals surface area contributed by atoms with Gasteiger partial charge in [-0.1, -0.05) is 18.2 Å². The summed E-state index contributed by atoms with van der Waals surface area (Å²) in [6.45, 7) is 2.11. The molecule has 0 saturated carbocycles. The second-order valence-electron chi connectivity index (χ2n) is 5.80. The summed E-state index contributed by atoms with van der Waals surface area (Å²) in [5.41, 5.74) is 4.03. The standard InChI is InChI=1S/C17H24N2O2/c1-11(17(20-2)21-3)18-15-10-6-8-13-12-7-4-5-9-14(12)19-16(13)15/h4-5,7,9,11,15,17-19H,6,8,10H2,1-3H3. The first kappa shape index (κ1) is 14.6. The normalized spacial score (nSPS) is 19.9. The Labute approximate surface area is 125 Å². The summed E-state index contributed by atoms with van der Waals surface area (Å²) >= 11 is 0. The van der Waals surface area contributed by atoms with Gasteiger partial charge >= 0.3 is 0 Å². The van der Waals surface area contributed by atoms with Crippen molar-refractivity contribution in [1.29, 1.82) is 0 Å². The first-order valence-corrected chi connectivity index (χ1v) is 7.65. The Morgan fingerprint density at radius 3 is 2.76 bits per heavy atom. The summed E-state index contributed by atoms with van der Waals surface area (Å²) in [4.78, 5) is 3.60. The van der Waals surface area contributed by atoms with Crippen molar-refractivity contribution >= 4 is 10.9 Å². The van der Waals surface area contributed by atoms with E-state index in [1.54, 1.807) is 14.2 Å². The molecule has 2 aromatic rings. The van der Waals surface area contributed by atoms with Gasteiger partial charge in [0, 0.05) is 36.9 Å². The van der Waals surface area contributed by atoms with E-state index in [9.17, 15) is 0 Å². The highest BCUT2D eigenvalue weighted by atomic mass is 16.7. The van der Waals surface area contributed by atoms with E-state index in [0.717, 1.165) is 12.8 Å². The molecule has 3 rings (SSSR count). The number of benzene rings is 1. The third kappa shape index (κ3) is 2.71. The Morgan fingerprint density at radius 2 is 2.00 bits per heavy atom. The fourth-order valence-electron chi connectivity index (χ4n) is 3.48. The van der Waals surface area contributed by atoms with Crippen molar-refractivity contribution in [3.63, 3.8) is 0 Å². The fraction of sp³-hybridized carbons (Fsp3) is 0.529. The summed E-state index contributed by atoms with van der Waals surface area (Å²) in [6, 6.07) is 9.04. The largest absolute Gasteiger partial charge is 0.357 e. The number of methoxy groups -OCH3 is 2. The van der Waals surface area contributed by atoms with Crippen molar-refractivity contribution in [2.45, 2.75) is 44.6 Å². The Bertz CT molecular complexity index is 604. The maximum absolute atomic E-state index is 5.35. The lowest BCUT2D eigenvalue weighted by molar-refractivity contribution is -0.121. The van der Waals surface area contributed by atoms with Gasteiger partial charge in [-0.05, 0) is 37.8 Å². The number of ether oxygens (including phenoxy) is 2. The molecule has 2 atom stereocenters. The summed E-state index contributed by atoms with van der Waals surface area (Å²) in [6.07, 6.45) is 3.29. The minimum atomic E-state index is -0.222. The molecule has 1 aromatic carbocycles. The highest BCUT2D eigenvalue weighted by Gasteiger charge is 2.27. The zero-order chi connectivity index (χ0) is 14.8. The number of aryl methyl sites for hydroxylation is 1. The number of aromatic nitrogens is 1. The van der Waals surface area contributed by atoms with Crippen molar-refractivity contribution in [2.24, 2.45) is 0 Å². The Kier molecular flexibility index (Phi) is 4.29. The average molecular weight is 288 g/mol. The van der Waals surface area contributed by atoms with E-state index >= 15 is 0 Å². The molecular weight excluding hydrogens is 264 g/mol. The molecule has 0 radical (unpaired) electrons. The molecule has 0 spiro atoms. The predicted octanol–water partition coefficient (Wildman–Crippen LogP) is 3.14. The topological polar surface area (TPSA) is 46.3 Å². The smallest absolute Gasteiger partial charge is 0.171 e. The Hall–Kier alpha value is -1.36. The fourth-order valence-corrected chi connectivity index (χ4v) is 3.48. The number of para-hydroxylation sites is 1. The number of hydrogen-bond acceptors (Lipinski definition) is 3. The molecule has 1 aliphatic rings. The zero-order valence-electron chi connectivity index (χ0n) is 13.0. The van der Waals surface area contributed by atoms with Gasteiger partial charge in [0.05, 0.1) is 6.04 Å². The van der Waals surface area contributed by atoms with Crippen LogP contribution in [0.4, 0.5) is 0 Å². The first-order chi connectivity index (χ1) is 10.2. The molecule has 1 aliphatic carbocycles. The molecule has 1 aromatic heterocycles. The van der Waals surface area contributed by atoms with E-state index in [1.165, 1.54) is 28.6 Å². The maximum Gasteiger partial charge on any atom is 0.171 e. The molecule has 4 heteroatoms. The molecule has 2 N–H and O–H groups in total. The summed E-state index contributed by atoms with van der Waals surface area (Å²) in [7, 11) is 3.36. The summed E-state index contributed by atoms with van der Waals surface area (Å²) in [5, 5.41) is 5.02. The first-order valence-electron chi connectivity index (χ1n) is 7.65. The van der Waals surface area contributed by atoms with Crippen LogP contribution in [-0.4, -0.2) is 31.5 Å². The average Bonchev–Trinajstić information content (AvgIpc) is 2.88. The van der Waals surface area contributed by atoms with E-state index < -0.39 is 0 Å². The SMILES string of the molecule is COC(OC)C(C)NC1CCCc2c1[nH]c1ccccc21. The van der Waals surface area contributed by atoms with Crippen LogP contribution in [0.5, 0.6) is 0 Å². The van der Waals surface area contributed by atoms with E-state index in [4.69, 9.17) is 9.47 Å². The van der Waals surface area contributed by atoms with Gasteiger partial charge in [0.2, 0.25) is 0 Å². The number of hydrogen-bond donors (Lipinski definition) is 2. The van der Waals surface area contributed by atoms with Gasteiger partial charge in [-0.2, -0.15) is 0 Å². The number of nitrogens with one attached hydrogen (secondary N) is 2. The quantitative estimate of drug-likeness (QED) is 0.831. The van der Waals surface area contributed by atoms with Gasteiger partial charge in [-0.25, -0.2) is 0 Å². The summed E-state index contributed by atoms with van der Waals surface area (Å²) < 4.78 is 10.7. The maximum atomic E-state index is 5.35. The number of H-pyrrole nitrogens is 1. The van der Waals surface area contributed by atoms with Crippen LogP contribution >= 0.6 is 0 Å². The van der Waals surface area contributed by atoms with Crippen molar-refractivity contribution in [3.05, 3.63) is 35.5 Å². The Balaban J connectivity index is 1.87. The minimum absolute atomic E-state index is 0.141. The molecule has 2 unspecified atom stereocenters. The van der Waals surface area contributed by atoms with E-state index in [1.807, 2.05) is 0 Å². The minimum Gasteiger partial charge on any atom is -0.357 e. The van der Waals surface area contributed by atoms with Crippen molar-refractivity contribution in [2.75, 3.05) is 14.2 Å². The van der Waals surface area contributed by atoms with E-state index in [-0.39, 0.29) is 12.3 Å². The molecule has 0 aliphatic heterocycles. The predicted molar refractivity (Wildman–Crippen MR) is 84.4 cm³/mol. The lowest BCUT2D eigenvalue weighted by Gasteiger charge is -2.30. The van der Waals surface area contributed by atoms with Gasteiger partial charge in [0.15, 0.2) is 6.29 Å². The van der Waals surface area contributed by atoms with Gasteiger partial charge in [-0.15, -0.1) is 0 Å². The van der Waals surface area contributed by atoms with E-state index in [2.05, 4.69) is 41.5 Å². The molecule has 4 nitrogen and oxygen atoms in total. The lowest BCUT2D eigenvalue weighted by atomic mass is 9.91. The highest BCUT2D eigenvalue weighted by molar-refractivity contribution is 5.85.